The van der Waals surface area contributed by atoms with Gasteiger partial charge in [0.2, 0.25) is 11.8 Å². The number of likely N-dealkylation sites (N-methyl/N-ethyl adjacent to an activating group) is 1. The molecule has 2 aromatic carbocycles. The highest BCUT2D eigenvalue weighted by atomic mass is 16.5. The summed E-state index contributed by atoms with van der Waals surface area (Å²) in [5, 5.41) is 8.31. The smallest absolute Gasteiger partial charge is 0.247 e. The van der Waals surface area contributed by atoms with Gasteiger partial charge in [-0.15, -0.1) is 10.2 Å². The van der Waals surface area contributed by atoms with E-state index in [2.05, 4.69) is 47.1 Å². The van der Waals surface area contributed by atoms with E-state index >= 15 is 0 Å². The Labute approximate surface area is 154 Å². The van der Waals surface area contributed by atoms with Crippen molar-refractivity contribution in [1.82, 2.24) is 15.1 Å². The first-order valence-electron chi connectivity index (χ1n) is 8.78. The predicted octanol–water partition coefficient (Wildman–Crippen LogP) is 4.17. The van der Waals surface area contributed by atoms with Crippen LogP contribution >= 0.6 is 0 Å². The van der Waals surface area contributed by atoms with Gasteiger partial charge in [-0.25, -0.2) is 0 Å². The van der Waals surface area contributed by atoms with E-state index in [1.54, 1.807) is 0 Å². The molecule has 0 aliphatic heterocycles. The first kappa shape index (κ1) is 18.1. The Morgan fingerprint density at radius 1 is 0.962 bits per heavy atom. The summed E-state index contributed by atoms with van der Waals surface area (Å²) < 4.78 is 11.6. The molecule has 0 atom stereocenters. The van der Waals surface area contributed by atoms with Gasteiger partial charge in [0.15, 0.2) is 0 Å². The minimum atomic E-state index is 0.559. The maximum absolute atomic E-state index is 5.86. The zero-order chi connectivity index (χ0) is 18.5. The molecule has 0 saturated carbocycles. The minimum absolute atomic E-state index is 0.559. The molecule has 0 unspecified atom stereocenters. The number of nitrogens with zero attached hydrogens (tertiary/aromatic N) is 3. The lowest BCUT2D eigenvalue weighted by atomic mass is 10.1. The van der Waals surface area contributed by atoms with Crippen LogP contribution in [0.2, 0.25) is 0 Å². The van der Waals surface area contributed by atoms with Crippen LogP contribution in [0.4, 0.5) is 0 Å². The lowest BCUT2D eigenvalue weighted by Gasteiger charge is -2.15. The molecule has 0 spiro atoms. The van der Waals surface area contributed by atoms with Crippen LogP contribution in [0.15, 0.2) is 46.9 Å². The maximum atomic E-state index is 5.86. The van der Waals surface area contributed by atoms with Crippen LogP contribution in [-0.4, -0.2) is 35.3 Å². The van der Waals surface area contributed by atoms with Gasteiger partial charge >= 0.3 is 0 Å². The highest BCUT2D eigenvalue weighted by molar-refractivity contribution is 5.53. The summed E-state index contributed by atoms with van der Waals surface area (Å²) in [4.78, 5) is 2.11. The average molecular weight is 351 g/mol. The summed E-state index contributed by atoms with van der Waals surface area (Å²) in [6.07, 6.45) is 0. The summed E-state index contributed by atoms with van der Waals surface area (Å²) in [5.74, 6) is 2.08. The van der Waals surface area contributed by atoms with Crippen molar-refractivity contribution < 1.29 is 9.15 Å². The van der Waals surface area contributed by atoms with Gasteiger partial charge in [-0.05, 0) is 63.2 Å². The van der Waals surface area contributed by atoms with Gasteiger partial charge < -0.3 is 9.15 Å². The van der Waals surface area contributed by atoms with Gasteiger partial charge in [-0.3, -0.25) is 4.90 Å². The second-order valence-corrected chi connectivity index (χ2v) is 6.78. The Kier molecular flexibility index (Phi) is 5.68. The standard InChI is InChI=1S/C21H25N3O2/c1-15-6-5-7-18(11-15)21-23-22-20(26-21)14-24(4)8-9-25-19-12-16(2)10-17(3)13-19/h5-7,10-13H,8-9,14H2,1-4H3. The summed E-state index contributed by atoms with van der Waals surface area (Å²) in [6, 6.07) is 14.3. The van der Waals surface area contributed by atoms with Gasteiger partial charge in [0.25, 0.3) is 0 Å². The van der Waals surface area contributed by atoms with E-state index in [9.17, 15) is 0 Å². The first-order valence-corrected chi connectivity index (χ1v) is 8.78. The lowest BCUT2D eigenvalue weighted by Crippen LogP contribution is -2.24. The molecule has 0 aliphatic rings. The van der Waals surface area contributed by atoms with Crippen LogP contribution in [0, 0.1) is 20.8 Å². The number of hydrogen-bond acceptors (Lipinski definition) is 5. The monoisotopic (exact) mass is 351 g/mol. The largest absolute Gasteiger partial charge is 0.492 e. The normalized spacial score (nSPS) is 11.1. The highest BCUT2D eigenvalue weighted by Gasteiger charge is 2.11. The van der Waals surface area contributed by atoms with E-state index < -0.39 is 0 Å². The summed E-state index contributed by atoms with van der Waals surface area (Å²) in [6.45, 7) is 8.17. The third-order valence-corrected chi connectivity index (χ3v) is 4.07. The minimum Gasteiger partial charge on any atom is -0.492 e. The number of benzene rings is 2. The molecule has 3 rings (SSSR count). The number of ether oxygens (including phenoxy) is 1. The Hall–Kier alpha value is -2.66. The zero-order valence-electron chi connectivity index (χ0n) is 15.8. The van der Waals surface area contributed by atoms with Gasteiger partial charge in [-0.1, -0.05) is 23.8 Å². The fourth-order valence-electron chi connectivity index (χ4n) is 2.86. The van der Waals surface area contributed by atoms with E-state index in [0.717, 1.165) is 17.9 Å². The SMILES string of the molecule is Cc1cc(C)cc(OCCN(C)Cc2nnc(-c3cccc(C)c3)o2)c1. The van der Waals surface area contributed by atoms with Gasteiger partial charge in [-0.2, -0.15) is 0 Å². The summed E-state index contributed by atoms with van der Waals surface area (Å²) in [7, 11) is 2.02. The third kappa shape index (κ3) is 4.92. The fraction of sp³-hybridized carbons (Fsp3) is 0.333. The van der Waals surface area contributed by atoms with Crippen LogP contribution in [-0.2, 0) is 6.54 Å². The molecule has 0 amide bonds. The second-order valence-electron chi connectivity index (χ2n) is 6.78. The highest BCUT2D eigenvalue weighted by Crippen LogP contribution is 2.19. The topological polar surface area (TPSA) is 51.4 Å². The number of rotatable bonds is 7. The van der Waals surface area contributed by atoms with Gasteiger partial charge in [0.1, 0.15) is 12.4 Å². The van der Waals surface area contributed by atoms with Crippen LogP contribution in [0.5, 0.6) is 5.75 Å². The molecule has 0 bridgehead atoms. The van der Waals surface area contributed by atoms with Crippen LogP contribution in [0.3, 0.4) is 0 Å². The predicted molar refractivity (Wildman–Crippen MR) is 102 cm³/mol. The summed E-state index contributed by atoms with van der Waals surface area (Å²) >= 11 is 0. The van der Waals surface area contributed by atoms with Crippen LogP contribution in [0.25, 0.3) is 11.5 Å². The number of aryl methyl sites for hydroxylation is 3. The Morgan fingerprint density at radius 2 is 1.73 bits per heavy atom. The molecule has 5 nitrogen and oxygen atoms in total. The molecule has 0 aliphatic carbocycles. The van der Waals surface area contributed by atoms with Crippen molar-refractivity contribution >= 4 is 0 Å². The molecule has 0 N–H and O–H groups in total. The molecule has 1 heterocycles. The molecule has 136 valence electrons. The molecule has 0 radical (unpaired) electrons. The van der Waals surface area contributed by atoms with E-state index in [4.69, 9.17) is 9.15 Å². The molecule has 26 heavy (non-hydrogen) atoms. The van der Waals surface area contributed by atoms with Gasteiger partial charge in [0, 0.05) is 12.1 Å². The van der Waals surface area contributed by atoms with E-state index in [1.807, 2.05) is 38.2 Å². The van der Waals surface area contributed by atoms with E-state index in [0.29, 0.717) is 24.9 Å². The Balaban J connectivity index is 1.51. The average Bonchev–Trinajstić information content (AvgIpc) is 3.02. The molecular formula is C21H25N3O2. The van der Waals surface area contributed by atoms with Crippen molar-refractivity contribution in [3.8, 4) is 17.2 Å². The molecule has 0 saturated heterocycles. The molecular weight excluding hydrogens is 326 g/mol. The van der Waals surface area contributed by atoms with Crippen molar-refractivity contribution in [3.05, 3.63) is 65.0 Å². The van der Waals surface area contributed by atoms with Crippen molar-refractivity contribution in [3.63, 3.8) is 0 Å². The van der Waals surface area contributed by atoms with Crippen molar-refractivity contribution in [2.24, 2.45) is 0 Å². The van der Waals surface area contributed by atoms with E-state index in [-0.39, 0.29) is 0 Å². The fourth-order valence-corrected chi connectivity index (χ4v) is 2.86. The first-order chi connectivity index (χ1) is 12.5. The third-order valence-electron chi connectivity index (χ3n) is 4.07. The molecule has 3 aromatic rings. The van der Waals surface area contributed by atoms with E-state index in [1.165, 1.54) is 16.7 Å². The van der Waals surface area contributed by atoms with Gasteiger partial charge in [0.05, 0.1) is 6.54 Å². The van der Waals surface area contributed by atoms with Crippen molar-refractivity contribution in [2.45, 2.75) is 27.3 Å². The molecule has 5 heteroatoms. The number of hydrogen-bond donors (Lipinski definition) is 0. The molecule has 0 fully saturated rings. The van der Waals surface area contributed by atoms with Crippen molar-refractivity contribution in [2.75, 3.05) is 20.2 Å². The zero-order valence-corrected chi connectivity index (χ0v) is 15.8. The second kappa shape index (κ2) is 8.15. The summed E-state index contributed by atoms with van der Waals surface area (Å²) in [5.41, 5.74) is 4.54. The quantitative estimate of drug-likeness (QED) is 0.639. The van der Waals surface area contributed by atoms with Crippen molar-refractivity contribution in [1.29, 1.82) is 0 Å². The lowest BCUT2D eigenvalue weighted by molar-refractivity contribution is 0.220. The maximum Gasteiger partial charge on any atom is 0.247 e. The van der Waals surface area contributed by atoms with Crippen LogP contribution in [0.1, 0.15) is 22.6 Å². The Morgan fingerprint density at radius 3 is 2.46 bits per heavy atom. The van der Waals surface area contributed by atoms with Crippen LogP contribution < -0.4 is 4.74 Å². The Bertz CT molecular complexity index is 853. The number of aromatic nitrogens is 2. The molecule has 1 aromatic heterocycles.